The minimum Gasteiger partial charge on any atom is -0.463 e. The van der Waals surface area contributed by atoms with Gasteiger partial charge in [-0.1, -0.05) is 17.7 Å². The van der Waals surface area contributed by atoms with Gasteiger partial charge in [-0.3, -0.25) is 9.89 Å². The number of carbonyl (C=O) groups is 1. The van der Waals surface area contributed by atoms with Crippen LogP contribution < -0.4 is 5.32 Å². The SMILES string of the molecule is Cc1[nH]nc(NC(=O)c2cc(-c3ccco3)n(-c3cccc(Cl)c3)n2)c1C#N. The van der Waals surface area contributed by atoms with E-state index in [0.29, 0.717) is 27.9 Å². The lowest BCUT2D eigenvalue weighted by molar-refractivity contribution is 0.102. The van der Waals surface area contributed by atoms with Crippen LogP contribution in [-0.4, -0.2) is 25.9 Å². The van der Waals surface area contributed by atoms with E-state index in [2.05, 4.69) is 20.6 Å². The number of aryl methyl sites for hydroxylation is 1. The second kappa shape index (κ2) is 7.06. The van der Waals surface area contributed by atoms with E-state index in [9.17, 15) is 10.1 Å². The molecule has 0 atom stereocenters. The minimum atomic E-state index is -0.503. The molecule has 0 aliphatic carbocycles. The summed E-state index contributed by atoms with van der Waals surface area (Å²) in [5.41, 5.74) is 2.23. The van der Waals surface area contributed by atoms with Crippen LogP contribution in [0.25, 0.3) is 17.1 Å². The Bertz CT molecular complexity index is 1200. The molecule has 8 nitrogen and oxygen atoms in total. The number of rotatable bonds is 4. The van der Waals surface area contributed by atoms with Crippen molar-refractivity contribution in [1.82, 2.24) is 20.0 Å². The summed E-state index contributed by atoms with van der Waals surface area (Å²) >= 11 is 6.10. The summed E-state index contributed by atoms with van der Waals surface area (Å²) in [4.78, 5) is 12.7. The van der Waals surface area contributed by atoms with Crippen LogP contribution in [0.1, 0.15) is 21.7 Å². The molecule has 2 N–H and O–H groups in total. The number of carbonyl (C=O) groups excluding carboxylic acids is 1. The van der Waals surface area contributed by atoms with Gasteiger partial charge in [-0.2, -0.15) is 15.5 Å². The first kappa shape index (κ1) is 17.6. The third-order valence-corrected chi connectivity index (χ3v) is 4.29. The molecule has 138 valence electrons. The molecule has 0 saturated carbocycles. The van der Waals surface area contributed by atoms with E-state index < -0.39 is 5.91 Å². The maximum atomic E-state index is 12.7. The minimum absolute atomic E-state index is 0.135. The summed E-state index contributed by atoms with van der Waals surface area (Å²) in [5.74, 6) is 0.193. The molecular weight excluding hydrogens is 380 g/mol. The van der Waals surface area contributed by atoms with Gasteiger partial charge >= 0.3 is 0 Å². The van der Waals surface area contributed by atoms with Gasteiger partial charge in [-0.05, 0) is 37.3 Å². The van der Waals surface area contributed by atoms with Crippen LogP contribution in [0.4, 0.5) is 5.82 Å². The van der Waals surface area contributed by atoms with Gasteiger partial charge in [0.15, 0.2) is 17.3 Å². The predicted molar refractivity (Wildman–Crippen MR) is 102 cm³/mol. The summed E-state index contributed by atoms with van der Waals surface area (Å²) in [5, 5.41) is 23.4. The zero-order valence-corrected chi connectivity index (χ0v) is 15.4. The Labute approximate surface area is 164 Å². The first-order chi connectivity index (χ1) is 13.6. The van der Waals surface area contributed by atoms with Crippen molar-refractivity contribution in [3.63, 3.8) is 0 Å². The number of benzene rings is 1. The van der Waals surface area contributed by atoms with E-state index in [1.165, 1.54) is 6.26 Å². The number of hydrogen-bond donors (Lipinski definition) is 2. The molecule has 4 rings (SSSR count). The fraction of sp³-hybridized carbons (Fsp3) is 0.0526. The van der Waals surface area contributed by atoms with Gasteiger partial charge in [0.05, 0.1) is 17.6 Å². The number of nitrogens with zero attached hydrogens (tertiary/aromatic N) is 4. The van der Waals surface area contributed by atoms with Gasteiger partial charge < -0.3 is 9.73 Å². The van der Waals surface area contributed by atoms with E-state index in [4.69, 9.17) is 16.0 Å². The lowest BCUT2D eigenvalue weighted by Crippen LogP contribution is -2.14. The fourth-order valence-electron chi connectivity index (χ4n) is 2.72. The van der Waals surface area contributed by atoms with Crippen molar-refractivity contribution in [2.24, 2.45) is 0 Å². The quantitative estimate of drug-likeness (QED) is 0.546. The third-order valence-electron chi connectivity index (χ3n) is 4.06. The van der Waals surface area contributed by atoms with E-state index in [0.717, 1.165) is 0 Å². The van der Waals surface area contributed by atoms with Crippen LogP contribution in [0.15, 0.2) is 53.1 Å². The topological polar surface area (TPSA) is 113 Å². The Morgan fingerprint density at radius 3 is 2.89 bits per heavy atom. The van der Waals surface area contributed by atoms with Gasteiger partial charge in [0.1, 0.15) is 17.3 Å². The van der Waals surface area contributed by atoms with Gasteiger partial charge in [-0.25, -0.2) is 4.68 Å². The van der Waals surface area contributed by atoms with E-state index in [1.807, 2.05) is 12.1 Å². The number of furan rings is 1. The maximum absolute atomic E-state index is 12.7. The Balaban J connectivity index is 1.75. The van der Waals surface area contributed by atoms with Crippen LogP contribution >= 0.6 is 11.6 Å². The number of nitriles is 1. The number of aromatic amines is 1. The molecule has 0 spiro atoms. The molecule has 0 unspecified atom stereocenters. The number of aromatic nitrogens is 4. The molecule has 3 heterocycles. The molecule has 0 aliphatic rings. The second-order valence-corrected chi connectivity index (χ2v) is 6.36. The van der Waals surface area contributed by atoms with Crippen LogP contribution in [0, 0.1) is 18.3 Å². The van der Waals surface area contributed by atoms with Gasteiger partial charge in [0.2, 0.25) is 0 Å². The van der Waals surface area contributed by atoms with Crippen LogP contribution in [0.5, 0.6) is 0 Å². The highest BCUT2D eigenvalue weighted by Crippen LogP contribution is 2.26. The molecule has 3 aromatic heterocycles. The highest BCUT2D eigenvalue weighted by Gasteiger charge is 2.20. The molecule has 28 heavy (non-hydrogen) atoms. The number of halogens is 1. The molecule has 0 saturated heterocycles. The number of amides is 1. The van der Waals surface area contributed by atoms with E-state index >= 15 is 0 Å². The normalized spacial score (nSPS) is 10.6. The molecule has 4 aromatic rings. The molecule has 0 bridgehead atoms. The molecule has 1 aromatic carbocycles. The lowest BCUT2D eigenvalue weighted by Gasteiger charge is -2.05. The third kappa shape index (κ3) is 3.15. The molecule has 9 heteroatoms. The number of anilines is 1. The molecule has 0 radical (unpaired) electrons. The lowest BCUT2D eigenvalue weighted by atomic mass is 10.2. The highest BCUT2D eigenvalue weighted by atomic mass is 35.5. The van der Waals surface area contributed by atoms with Crippen molar-refractivity contribution in [3.8, 4) is 23.2 Å². The smallest absolute Gasteiger partial charge is 0.277 e. The van der Waals surface area contributed by atoms with Crippen LogP contribution in [0.3, 0.4) is 0 Å². The Morgan fingerprint density at radius 1 is 1.32 bits per heavy atom. The largest absolute Gasteiger partial charge is 0.463 e. The Kier molecular flexibility index (Phi) is 4.43. The second-order valence-electron chi connectivity index (χ2n) is 5.92. The average Bonchev–Trinajstić information content (AvgIpc) is 3.41. The van der Waals surface area contributed by atoms with Gasteiger partial charge in [0.25, 0.3) is 5.91 Å². The van der Waals surface area contributed by atoms with Crippen LogP contribution in [-0.2, 0) is 0 Å². The van der Waals surface area contributed by atoms with E-state index in [1.54, 1.807) is 48.0 Å². The van der Waals surface area contributed by atoms with Crippen molar-refractivity contribution in [2.75, 3.05) is 5.32 Å². The van der Waals surface area contributed by atoms with Crippen molar-refractivity contribution in [3.05, 3.63) is 70.7 Å². The molecule has 1 amide bonds. The molecule has 0 fully saturated rings. The average molecular weight is 393 g/mol. The maximum Gasteiger partial charge on any atom is 0.277 e. The zero-order chi connectivity index (χ0) is 19.7. The monoisotopic (exact) mass is 392 g/mol. The summed E-state index contributed by atoms with van der Waals surface area (Å²) in [6, 6.07) is 14.2. The summed E-state index contributed by atoms with van der Waals surface area (Å²) in [6.07, 6.45) is 1.54. The van der Waals surface area contributed by atoms with Crippen LogP contribution in [0.2, 0.25) is 5.02 Å². The van der Waals surface area contributed by atoms with Crippen molar-refractivity contribution < 1.29 is 9.21 Å². The first-order valence-corrected chi connectivity index (χ1v) is 8.61. The standard InChI is InChI=1S/C19H13ClN6O2/c1-11-14(10-21)18(24-23-11)22-19(27)15-9-16(17-6-3-7-28-17)26(25-15)13-5-2-4-12(20)8-13/h2-9H,1H3,(H2,22,23,24,27). The fourth-order valence-corrected chi connectivity index (χ4v) is 2.91. The molecular formula is C19H13ClN6O2. The summed E-state index contributed by atoms with van der Waals surface area (Å²) in [6.45, 7) is 1.70. The summed E-state index contributed by atoms with van der Waals surface area (Å²) < 4.78 is 7.05. The number of H-pyrrole nitrogens is 1. The number of hydrogen-bond acceptors (Lipinski definition) is 5. The van der Waals surface area contributed by atoms with Crippen molar-refractivity contribution >= 4 is 23.3 Å². The van der Waals surface area contributed by atoms with Crippen molar-refractivity contribution in [2.45, 2.75) is 6.92 Å². The van der Waals surface area contributed by atoms with Crippen molar-refractivity contribution in [1.29, 1.82) is 5.26 Å². The van der Waals surface area contributed by atoms with E-state index in [-0.39, 0.29) is 17.1 Å². The zero-order valence-electron chi connectivity index (χ0n) is 14.6. The first-order valence-electron chi connectivity index (χ1n) is 8.23. The predicted octanol–water partition coefficient (Wildman–Crippen LogP) is 3.94. The molecule has 0 aliphatic heterocycles. The highest BCUT2D eigenvalue weighted by molar-refractivity contribution is 6.30. The Morgan fingerprint density at radius 2 is 2.18 bits per heavy atom. The van der Waals surface area contributed by atoms with Gasteiger partial charge in [-0.15, -0.1) is 0 Å². The Hall–Kier alpha value is -3.83. The van der Waals surface area contributed by atoms with Gasteiger partial charge in [0, 0.05) is 11.1 Å². The summed E-state index contributed by atoms with van der Waals surface area (Å²) in [7, 11) is 0. The number of nitrogens with one attached hydrogen (secondary N) is 2.